The Balaban J connectivity index is 1.39. The van der Waals surface area contributed by atoms with E-state index in [-0.39, 0.29) is 17.4 Å². The molecule has 1 amide bonds. The normalized spacial score (nSPS) is 17.1. The number of pyridine rings is 2. The van der Waals surface area contributed by atoms with Crippen molar-refractivity contribution in [2.45, 2.75) is 24.6 Å². The minimum absolute atomic E-state index is 0.0512. The SMILES string of the molecule is COc1ncccc1-c1cccc(NC(=O)C2(c3ccc4c(c3)OC(F)(F)O4)CC2)n1. The van der Waals surface area contributed by atoms with Gasteiger partial charge in [0.25, 0.3) is 0 Å². The Morgan fingerprint density at radius 2 is 1.90 bits per heavy atom. The summed E-state index contributed by atoms with van der Waals surface area (Å²) in [5, 5.41) is 2.84. The molecule has 1 aliphatic carbocycles. The van der Waals surface area contributed by atoms with Crippen LogP contribution in [0.15, 0.2) is 54.7 Å². The first-order valence-electron chi connectivity index (χ1n) is 9.58. The van der Waals surface area contributed by atoms with Crippen molar-refractivity contribution in [3.05, 3.63) is 60.3 Å². The third-order valence-corrected chi connectivity index (χ3v) is 5.37. The lowest BCUT2D eigenvalue weighted by Gasteiger charge is -2.16. The van der Waals surface area contributed by atoms with Crippen LogP contribution in [-0.4, -0.2) is 29.3 Å². The smallest absolute Gasteiger partial charge is 0.481 e. The lowest BCUT2D eigenvalue weighted by molar-refractivity contribution is -0.286. The van der Waals surface area contributed by atoms with Crippen LogP contribution in [0.4, 0.5) is 14.6 Å². The van der Waals surface area contributed by atoms with Gasteiger partial charge in [-0.3, -0.25) is 4.79 Å². The lowest BCUT2D eigenvalue weighted by Crippen LogP contribution is -2.28. The third-order valence-electron chi connectivity index (χ3n) is 5.37. The fourth-order valence-corrected chi connectivity index (χ4v) is 3.66. The van der Waals surface area contributed by atoms with Gasteiger partial charge in [-0.25, -0.2) is 9.97 Å². The highest BCUT2D eigenvalue weighted by atomic mass is 19.3. The Bertz CT molecular complexity index is 1180. The molecule has 7 nitrogen and oxygen atoms in total. The van der Waals surface area contributed by atoms with E-state index in [4.69, 9.17) is 4.74 Å². The number of hydrogen-bond donors (Lipinski definition) is 1. The van der Waals surface area contributed by atoms with Crippen LogP contribution in [0.5, 0.6) is 17.4 Å². The molecular weight excluding hydrogens is 408 g/mol. The number of benzene rings is 1. The molecule has 9 heteroatoms. The Labute approximate surface area is 176 Å². The van der Waals surface area contributed by atoms with Gasteiger partial charge in [-0.2, -0.15) is 0 Å². The summed E-state index contributed by atoms with van der Waals surface area (Å²) in [5.41, 5.74) is 1.06. The summed E-state index contributed by atoms with van der Waals surface area (Å²) < 4.78 is 40.9. The van der Waals surface area contributed by atoms with Crippen LogP contribution in [-0.2, 0) is 10.2 Å². The van der Waals surface area contributed by atoms with Crippen LogP contribution < -0.4 is 19.5 Å². The summed E-state index contributed by atoms with van der Waals surface area (Å²) in [5.74, 6) is 0.400. The molecule has 0 spiro atoms. The Morgan fingerprint density at radius 1 is 1.10 bits per heavy atom. The van der Waals surface area contributed by atoms with Gasteiger partial charge in [0.1, 0.15) is 5.82 Å². The van der Waals surface area contributed by atoms with Crippen molar-refractivity contribution in [2.75, 3.05) is 12.4 Å². The Hall–Kier alpha value is -3.75. The second-order valence-electron chi connectivity index (χ2n) is 7.33. The van der Waals surface area contributed by atoms with E-state index in [0.717, 1.165) is 0 Å². The first-order valence-corrected chi connectivity index (χ1v) is 9.58. The second kappa shape index (κ2) is 6.90. The van der Waals surface area contributed by atoms with Crippen molar-refractivity contribution >= 4 is 11.7 Å². The van der Waals surface area contributed by atoms with Crippen molar-refractivity contribution < 1.29 is 27.8 Å². The first-order chi connectivity index (χ1) is 14.9. The molecular formula is C22H17F2N3O4. The van der Waals surface area contributed by atoms with Gasteiger partial charge in [-0.1, -0.05) is 12.1 Å². The number of alkyl halides is 2. The number of nitrogens with one attached hydrogen (secondary N) is 1. The number of hydrogen-bond acceptors (Lipinski definition) is 6. The van der Waals surface area contributed by atoms with Crippen LogP contribution in [0, 0.1) is 0 Å². The molecule has 1 aliphatic heterocycles. The van der Waals surface area contributed by atoms with E-state index in [9.17, 15) is 13.6 Å². The molecule has 1 fully saturated rings. The van der Waals surface area contributed by atoms with Crippen molar-refractivity contribution in [3.63, 3.8) is 0 Å². The van der Waals surface area contributed by atoms with Crippen LogP contribution in [0.2, 0.25) is 0 Å². The van der Waals surface area contributed by atoms with E-state index in [1.807, 2.05) is 6.07 Å². The second-order valence-corrected chi connectivity index (χ2v) is 7.33. The minimum atomic E-state index is -3.70. The number of carbonyl (C=O) groups is 1. The number of rotatable bonds is 5. The number of nitrogens with zero attached hydrogens (tertiary/aromatic N) is 2. The number of halogens is 2. The van der Waals surface area contributed by atoms with Gasteiger partial charge in [-0.05, 0) is 54.8 Å². The van der Waals surface area contributed by atoms with Gasteiger partial charge >= 0.3 is 6.29 Å². The summed E-state index contributed by atoms with van der Waals surface area (Å²) in [6.07, 6.45) is -0.903. The van der Waals surface area contributed by atoms with E-state index in [1.54, 1.807) is 36.5 Å². The molecule has 0 saturated heterocycles. The molecule has 1 N–H and O–H groups in total. The zero-order valence-corrected chi connectivity index (χ0v) is 16.4. The highest BCUT2D eigenvalue weighted by molar-refractivity contribution is 6.01. The first kappa shape index (κ1) is 19.2. The zero-order chi connectivity index (χ0) is 21.6. The summed E-state index contributed by atoms with van der Waals surface area (Å²) >= 11 is 0. The Morgan fingerprint density at radius 3 is 2.68 bits per heavy atom. The molecule has 0 radical (unpaired) electrons. The van der Waals surface area contributed by atoms with Crippen molar-refractivity contribution in [2.24, 2.45) is 0 Å². The molecule has 0 bridgehead atoms. The summed E-state index contributed by atoms with van der Waals surface area (Å²) in [4.78, 5) is 21.8. The van der Waals surface area contributed by atoms with Crippen LogP contribution >= 0.6 is 0 Å². The number of aromatic nitrogens is 2. The molecule has 0 unspecified atom stereocenters. The van der Waals surface area contributed by atoms with E-state index < -0.39 is 11.7 Å². The summed E-state index contributed by atoms with van der Waals surface area (Å²) in [6, 6.07) is 13.3. The molecule has 1 aromatic carbocycles. The molecule has 0 atom stereocenters. The third kappa shape index (κ3) is 3.41. The highest BCUT2D eigenvalue weighted by Gasteiger charge is 2.52. The monoisotopic (exact) mass is 425 g/mol. The molecule has 2 aromatic heterocycles. The van der Waals surface area contributed by atoms with Gasteiger partial charge in [-0.15, -0.1) is 8.78 Å². The molecule has 3 heterocycles. The largest absolute Gasteiger partial charge is 0.586 e. The maximum atomic E-state index is 13.3. The number of amides is 1. The zero-order valence-electron chi connectivity index (χ0n) is 16.4. The number of fused-ring (bicyclic) bond motifs is 1. The van der Waals surface area contributed by atoms with E-state index in [2.05, 4.69) is 24.8 Å². The molecule has 158 valence electrons. The van der Waals surface area contributed by atoms with Crippen molar-refractivity contribution in [1.29, 1.82) is 0 Å². The quantitative estimate of drug-likeness (QED) is 0.662. The van der Waals surface area contributed by atoms with Gasteiger partial charge < -0.3 is 19.5 Å². The van der Waals surface area contributed by atoms with Gasteiger partial charge in [0.15, 0.2) is 11.5 Å². The number of ether oxygens (including phenoxy) is 3. The van der Waals surface area contributed by atoms with E-state index in [1.165, 1.54) is 19.2 Å². The average Bonchev–Trinajstić information content (AvgIpc) is 3.51. The molecule has 2 aliphatic rings. The maximum absolute atomic E-state index is 13.3. The van der Waals surface area contributed by atoms with Gasteiger partial charge in [0, 0.05) is 6.20 Å². The molecule has 3 aromatic rings. The number of methoxy groups -OCH3 is 1. The number of carbonyl (C=O) groups excluding carboxylic acids is 1. The molecule has 31 heavy (non-hydrogen) atoms. The standard InChI is InChI=1S/C22H17F2N3O4/c1-29-19-14(4-3-11-25-19)15-5-2-6-18(26-15)27-20(28)21(9-10-21)13-7-8-16-17(12-13)31-22(23,24)30-16/h2-8,11-12H,9-10H2,1H3,(H,26,27,28). The molecule has 5 rings (SSSR count). The van der Waals surface area contributed by atoms with Gasteiger partial charge in [0.05, 0.1) is 23.8 Å². The highest BCUT2D eigenvalue weighted by Crippen LogP contribution is 2.52. The fraction of sp³-hybridized carbons (Fsp3) is 0.227. The maximum Gasteiger partial charge on any atom is 0.586 e. The predicted molar refractivity (Wildman–Crippen MR) is 106 cm³/mol. The van der Waals surface area contributed by atoms with E-state index >= 15 is 0 Å². The van der Waals surface area contributed by atoms with Crippen LogP contribution in [0.25, 0.3) is 11.3 Å². The fourth-order valence-electron chi connectivity index (χ4n) is 3.66. The minimum Gasteiger partial charge on any atom is -0.481 e. The number of anilines is 1. The molecule has 1 saturated carbocycles. The topological polar surface area (TPSA) is 82.6 Å². The van der Waals surface area contributed by atoms with Crippen LogP contribution in [0.1, 0.15) is 18.4 Å². The lowest BCUT2D eigenvalue weighted by atomic mass is 9.94. The summed E-state index contributed by atoms with van der Waals surface area (Å²) in [6.45, 7) is 0. The van der Waals surface area contributed by atoms with Crippen molar-refractivity contribution in [1.82, 2.24) is 9.97 Å². The van der Waals surface area contributed by atoms with Crippen molar-refractivity contribution in [3.8, 4) is 28.6 Å². The van der Waals surface area contributed by atoms with Crippen LogP contribution in [0.3, 0.4) is 0 Å². The Kier molecular flexibility index (Phi) is 4.28. The summed E-state index contributed by atoms with van der Waals surface area (Å²) in [7, 11) is 1.52. The van der Waals surface area contributed by atoms with Gasteiger partial charge in [0.2, 0.25) is 11.8 Å². The predicted octanol–water partition coefficient (Wildman–Crippen LogP) is 4.14. The van der Waals surface area contributed by atoms with E-state index in [0.29, 0.717) is 41.4 Å². The average molecular weight is 425 g/mol.